The number of aromatic nitrogens is 2. The topological polar surface area (TPSA) is 51.8 Å². The van der Waals surface area contributed by atoms with Gasteiger partial charge in [-0.2, -0.15) is 0 Å². The van der Waals surface area contributed by atoms with Gasteiger partial charge in [0.2, 0.25) is 0 Å². The molecule has 1 aromatic heterocycles. The average Bonchev–Trinajstić information content (AvgIpc) is 2.66. The Morgan fingerprint density at radius 2 is 2.20 bits per heavy atom. The van der Waals surface area contributed by atoms with Crippen molar-refractivity contribution in [1.29, 1.82) is 0 Å². The van der Waals surface area contributed by atoms with Gasteiger partial charge < -0.3 is 5.73 Å². The van der Waals surface area contributed by atoms with E-state index >= 15 is 0 Å². The first kappa shape index (κ1) is 10.5. The smallest absolute Gasteiger partial charge is 0.148 e. The Kier molecular flexibility index (Phi) is 3.00. The van der Waals surface area contributed by atoms with Crippen LogP contribution >= 0.6 is 22.9 Å². The highest BCUT2D eigenvalue weighted by molar-refractivity contribution is 7.14. The Morgan fingerprint density at radius 1 is 1.40 bits per heavy atom. The molecule has 2 N–H and O–H groups in total. The molecular weight excluding hydrogens is 230 g/mol. The molecule has 5 heteroatoms. The number of hydrogen-bond donors (Lipinski definition) is 1. The Bertz CT molecular complexity index is 481. The lowest BCUT2D eigenvalue weighted by atomic mass is 10.1. The van der Waals surface area contributed by atoms with Crippen LogP contribution in [0.2, 0.25) is 5.02 Å². The largest absolute Gasteiger partial charge is 0.324 e. The van der Waals surface area contributed by atoms with Gasteiger partial charge in [0.05, 0.1) is 0 Å². The van der Waals surface area contributed by atoms with Gasteiger partial charge in [0, 0.05) is 17.1 Å². The number of hydrogen-bond acceptors (Lipinski definition) is 4. The van der Waals surface area contributed by atoms with Gasteiger partial charge in [0.25, 0.3) is 0 Å². The molecule has 0 radical (unpaired) electrons. The maximum absolute atomic E-state index is 5.88. The van der Waals surface area contributed by atoms with E-state index in [1.165, 1.54) is 11.3 Å². The first-order valence-electron chi connectivity index (χ1n) is 4.49. The van der Waals surface area contributed by atoms with E-state index in [1.54, 1.807) is 0 Å². The Balaban J connectivity index is 2.44. The highest BCUT2D eigenvalue weighted by Crippen LogP contribution is 2.28. The molecule has 0 spiro atoms. The fourth-order valence-corrected chi connectivity index (χ4v) is 2.35. The predicted octanol–water partition coefficient (Wildman–Crippen LogP) is 2.63. The monoisotopic (exact) mass is 239 g/mol. The lowest BCUT2D eigenvalue weighted by Gasteiger charge is -2.00. The number of benzene rings is 1. The molecule has 1 aromatic carbocycles. The molecule has 0 bridgehead atoms. The van der Waals surface area contributed by atoms with E-state index in [0.29, 0.717) is 6.54 Å². The van der Waals surface area contributed by atoms with Crippen LogP contribution in [0.1, 0.15) is 10.6 Å². The molecule has 0 saturated carbocycles. The minimum Gasteiger partial charge on any atom is -0.324 e. The second kappa shape index (κ2) is 4.26. The van der Waals surface area contributed by atoms with E-state index in [2.05, 4.69) is 10.2 Å². The highest BCUT2D eigenvalue weighted by Gasteiger charge is 2.08. The zero-order valence-electron chi connectivity index (χ0n) is 8.20. The molecule has 0 unspecified atom stereocenters. The summed E-state index contributed by atoms with van der Waals surface area (Å²) in [4.78, 5) is 0. The third kappa shape index (κ3) is 2.17. The number of aryl methyl sites for hydroxylation is 1. The third-order valence-electron chi connectivity index (χ3n) is 2.06. The van der Waals surface area contributed by atoms with E-state index in [1.807, 2.05) is 25.1 Å². The van der Waals surface area contributed by atoms with E-state index in [9.17, 15) is 0 Å². The van der Waals surface area contributed by atoms with Crippen LogP contribution in [0.15, 0.2) is 18.2 Å². The van der Waals surface area contributed by atoms with Gasteiger partial charge in [-0.15, -0.1) is 10.2 Å². The maximum atomic E-state index is 5.88. The molecule has 2 aromatic rings. The van der Waals surface area contributed by atoms with Crippen molar-refractivity contribution in [2.75, 3.05) is 0 Å². The van der Waals surface area contributed by atoms with E-state index in [-0.39, 0.29) is 0 Å². The van der Waals surface area contributed by atoms with Crippen molar-refractivity contribution >= 4 is 22.9 Å². The molecule has 0 aliphatic heterocycles. The molecule has 0 fully saturated rings. The number of nitrogens with zero attached hydrogens (tertiary/aromatic N) is 2. The predicted molar refractivity (Wildman–Crippen MR) is 63.0 cm³/mol. The van der Waals surface area contributed by atoms with E-state index in [4.69, 9.17) is 17.3 Å². The summed E-state index contributed by atoms with van der Waals surface area (Å²) < 4.78 is 0. The Morgan fingerprint density at radius 3 is 2.80 bits per heavy atom. The molecule has 15 heavy (non-hydrogen) atoms. The summed E-state index contributed by atoms with van der Waals surface area (Å²) in [6.07, 6.45) is 0. The van der Waals surface area contributed by atoms with Crippen LogP contribution < -0.4 is 5.73 Å². The zero-order chi connectivity index (χ0) is 10.8. The summed E-state index contributed by atoms with van der Waals surface area (Å²) in [5.74, 6) is 0. The van der Waals surface area contributed by atoms with Crippen molar-refractivity contribution in [3.05, 3.63) is 33.8 Å². The van der Waals surface area contributed by atoms with Crippen molar-refractivity contribution in [2.45, 2.75) is 13.5 Å². The van der Waals surface area contributed by atoms with Gasteiger partial charge in [0.1, 0.15) is 10.0 Å². The standard InChI is InChI=1S/C10H10ClN3S/c1-6-4-7(11)2-3-8(6)10-14-13-9(5-12)15-10/h2-4H,5,12H2,1H3. The fourth-order valence-electron chi connectivity index (χ4n) is 1.31. The van der Waals surface area contributed by atoms with Crippen LogP contribution in [0.5, 0.6) is 0 Å². The molecule has 0 saturated heterocycles. The zero-order valence-corrected chi connectivity index (χ0v) is 9.77. The molecule has 0 amide bonds. The maximum Gasteiger partial charge on any atom is 0.148 e. The summed E-state index contributed by atoms with van der Waals surface area (Å²) in [6, 6.07) is 5.73. The van der Waals surface area contributed by atoms with Crippen molar-refractivity contribution < 1.29 is 0 Å². The normalized spacial score (nSPS) is 10.6. The first-order valence-corrected chi connectivity index (χ1v) is 5.69. The molecule has 0 aliphatic carbocycles. The fraction of sp³-hybridized carbons (Fsp3) is 0.200. The van der Waals surface area contributed by atoms with Crippen molar-refractivity contribution in [1.82, 2.24) is 10.2 Å². The minimum absolute atomic E-state index is 0.435. The summed E-state index contributed by atoms with van der Waals surface area (Å²) in [5, 5.41) is 10.6. The van der Waals surface area contributed by atoms with Crippen LogP contribution in [0, 0.1) is 6.92 Å². The summed E-state index contributed by atoms with van der Waals surface area (Å²) in [6.45, 7) is 2.44. The van der Waals surface area contributed by atoms with Gasteiger partial charge >= 0.3 is 0 Å². The summed E-state index contributed by atoms with van der Waals surface area (Å²) in [7, 11) is 0. The van der Waals surface area contributed by atoms with Crippen LogP contribution in [-0.2, 0) is 6.54 Å². The Hall–Kier alpha value is -0.970. The van der Waals surface area contributed by atoms with Crippen molar-refractivity contribution in [3.8, 4) is 10.6 Å². The van der Waals surface area contributed by atoms with Gasteiger partial charge in [-0.1, -0.05) is 29.0 Å². The van der Waals surface area contributed by atoms with Crippen molar-refractivity contribution in [3.63, 3.8) is 0 Å². The van der Waals surface area contributed by atoms with Gasteiger partial charge in [-0.05, 0) is 24.6 Å². The highest BCUT2D eigenvalue weighted by atomic mass is 35.5. The number of nitrogens with two attached hydrogens (primary N) is 1. The van der Waals surface area contributed by atoms with E-state index in [0.717, 1.165) is 26.2 Å². The van der Waals surface area contributed by atoms with Gasteiger partial charge in [0.15, 0.2) is 0 Å². The quantitative estimate of drug-likeness (QED) is 0.877. The van der Waals surface area contributed by atoms with Crippen LogP contribution in [0.3, 0.4) is 0 Å². The number of halogens is 1. The molecule has 3 nitrogen and oxygen atoms in total. The first-order chi connectivity index (χ1) is 7.20. The summed E-state index contributed by atoms with van der Waals surface area (Å²) in [5.41, 5.74) is 7.66. The average molecular weight is 240 g/mol. The van der Waals surface area contributed by atoms with Crippen LogP contribution in [0.25, 0.3) is 10.6 Å². The number of rotatable bonds is 2. The third-order valence-corrected chi connectivity index (χ3v) is 3.27. The Labute approximate surface area is 96.9 Å². The molecule has 1 heterocycles. The van der Waals surface area contributed by atoms with Gasteiger partial charge in [-0.25, -0.2) is 0 Å². The lowest BCUT2D eigenvalue weighted by molar-refractivity contribution is 0.960. The molecule has 2 rings (SSSR count). The second-order valence-corrected chi connectivity index (χ2v) is 4.66. The van der Waals surface area contributed by atoms with E-state index < -0.39 is 0 Å². The summed E-state index contributed by atoms with van der Waals surface area (Å²) >= 11 is 7.40. The lowest BCUT2D eigenvalue weighted by Crippen LogP contribution is -1.94. The molecule has 0 aliphatic rings. The van der Waals surface area contributed by atoms with Crippen LogP contribution in [-0.4, -0.2) is 10.2 Å². The van der Waals surface area contributed by atoms with Crippen LogP contribution in [0.4, 0.5) is 0 Å². The molecule has 78 valence electrons. The second-order valence-electron chi connectivity index (χ2n) is 3.16. The molecule has 0 atom stereocenters. The van der Waals surface area contributed by atoms with Gasteiger partial charge in [-0.3, -0.25) is 0 Å². The SMILES string of the molecule is Cc1cc(Cl)ccc1-c1nnc(CN)s1. The van der Waals surface area contributed by atoms with Crippen molar-refractivity contribution in [2.24, 2.45) is 5.73 Å². The minimum atomic E-state index is 0.435. The molecular formula is C10H10ClN3S.